The fourth-order valence-electron chi connectivity index (χ4n) is 3.25. The SMILES string of the molecule is CCC1(C)NC(=O)N(CCCNC(=NC)N2CCC(C)(C)C2)C1=O.I. The Hall–Kier alpha value is -1.06. The highest BCUT2D eigenvalue weighted by Gasteiger charge is 2.45. The zero-order valence-electron chi connectivity index (χ0n) is 16.0. The summed E-state index contributed by atoms with van der Waals surface area (Å²) in [6, 6.07) is -0.282. The molecule has 7 nitrogen and oxygen atoms in total. The number of guanidine groups is 1. The molecule has 0 aromatic rings. The average Bonchev–Trinajstić information content (AvgIpc) is 2.99. The van der Waals surface area contributed by atoms with Crippen molar-refractivity contribution in [2.24, 2.45) is 10.4 Å². The Labute approximate surface area is 168 Å². The third kappa shape index (κ3) is 4.98. The topological polar surface area (TPSA) is 77.0 Å². The van der Waals surface area contributed by atoms with Gasteiger partial charge in [-0.15, -0.1) is 24.0 Å². The molecular formula is C17H32IN5O2. The minimum Gasteiger partial charge on any atom is -0.356 e. The molecule has 1 atom stereocenters. The number of imide groups is 1. The van der Waals surface area contributed by atoms with Gasteiger partial charge in [-0.2, -0.15) is 0 Å². The van der Waals surface area contributed by atoms with Crippen LogP contribution in [0.3, 0.4) is 0 Å². The number of hydrogen-bond acceptors (Lipinski definition) is 3. The molecule has 2 N–H and O–H groups in total. The fraction of sp³-hybridized carbons (Fsp3) is 0.824. The second kappa shape index (κ2) is 8.55. The molecule has 25 heavy (non-hydrogen) atoms. The predicted molar refractivity (Wildman–Crippen MR) is 110 cm³/mol. The van der Waals surface area contributed by atoms with Gasteiger partial charge in [0.1, 0.15) is 5.54 Å². The Balaban J connectivity index is 0.00000312. The molecule has 0 saturated carbocycles. The van der Waals surface area contributed by atoms with Crippen molar-refractivity contribution in [2.45, 2.75) is 52.5 Å². The molecule has 2 heterocycles. The van der Waals surface area contributed by atoms with Crippen molar-refractivity contribution in [1.29, 1.82) is 0 Å². The zero-order valence-corrected chi connectivity index (χ0v) is 18.3. The second-order valence-electron chi connectivity index (χ2n) is 7.74. The van der Waals surface area contributed by atoms with Gasteiger partial charge in [0.2, 0.25) is 0 Å². The Bertz CT molecular complexity index is 537. The van der Waals surface area contributed by atoms with Gasteiger partial charge in [-0.05, 0) is 31.6 Å². The molecule has 0 radical (unpaired) electrons. The van der Waals surface area contributed by atoms with Crippen LogP contribution in [0.4, 0.5) is 4.79 Å². The lowest BCUT2D eigenvalue weighted by molar-refractivity contribution is -0.130. The number of carbonyl (C=O) groups is 2. The van der Waals surface area contributed by atoms with Crippen LogP contribution in [0.2, 0.25) is 0 Å². The lowest BCUT2D eigenvalue weighted by atomic mass is 9.93. The summed E-state index contributed by atoms with van der Waals surface area (Å²) in [6.07, 6.45) is 2.46. The monoisotopic (exact) mass is 465 g/mol. The minimum absolute atomic E-state index is 0. The fourth-order valence-corrected chi connectivity index (χ4v) is 3.25. The van der Waals surface area contributed by atoms with E-state index in [4.69, 9.17) is 0 Å². The van der Waals surface area contributed by atoms with E-state index in [1.54, 1.807) is 14.0 Å². The molecule has 2 saturated heterocycles. The van der Waals surface area contributed by atoms with Crippen molar-refractivity contribution in [1.82, 2.24) is 20.4 Å². The highest BCUT2D eigenvalue weighted by atomic mass is 127. The van der Waals surface area contributed by atoms with Crippen LogP contribution in [0.5, 0.6) is 0 Å². The van der Waals surface area contributed by atoms with Crippen molar-refractivity contribution in [3.63, 3.8) is 0 Å². The lowest BCUT2D eigenvalue weighted by Crippen LogP contribution is -2.43. The molecule has 3 amide bonds. The minimum atomic E-state index is -0.748. The number of nitrogens with one attached hydrogen (secondary N) is 2. The van der Waals surface area contributed by atoms with E-state index in [-0.39, 0.29) is 35.9 Å². The summed E-state index contributed by atoms with van der Waals surface area (Å²) < 4.78 is 0. The van der Waals surface area contributed by atoms with Gasteiger partial charge in [-0.1, -0.05) is 20.8 Å². The summed E-state index contributed by atoms with van der Waals surface area (Å²) in [4.78, 5) is 32.2. The van der Waals surface area contributed by atoms with Crippen molar-refractivity contribution < 1.29 is 9.59 Å². The van der Waals surface area contributed by atoms with Gasteiger partial charge in [0.25, 0.3) is 5.91 Å². The number of rotatable bonds is 5. The number of aliphatic imine (C=N–C) groups is 1. The predicted octanol–water partition coefficient (Wildman–Crippen LogP) is 2.02. The van der Waals surface area contributed by atoms with Gasteiger partial charge in [0, 0.05) is 33.2 Å². The van der Waals surface area contributed by atoms with E-state index in [1.807, 2.05) is 6.92 Å². The summed E-state index contributed by atoms with van der Waals surface area (Å²) in [6.45, 7) is 11.3. The first-order chi connectivity index (χ1) is 11.2. The first kappa shape index (κ1) is 22.0. The van der Waals surface area contributed by atoms with Crippen LogP contribution in [0.1, 0.15) is 47.0 Å². The van der Waals surface area contributed by atoms with Crippen LogP contribution in [-0.2, 0) is 4.79 Å². The normalized spacial score (nSPS) is 25.9. The average molecular weight is 465 g/mol. The molecule has 2 aliphatic heterocycles. The second-order valence-corrected chi connectivity index (χ2v) is 7.74. The van der Waals surface area contributed by atoms with Gasteiger partial charge >= 0.3 is 6.03 Å². The summed E-state index contributed by atoms with van der Waals surface area (Å²) in [5.41, 5.74) is -0.427. The molecule has 0 aromatic carbocycles. The zero-order chi connectivity index (χ0) is 18.0. The van der Waals surface area contributed by atoms with Crippen LogP contribution in [0.15, 0.2) is 4.99 Å². The van der Waals surface area contributed by atoms with Gasteiger partial charge < -0.3 is 15.5 Å². The molecule has 1 unspecified atom stereocenters. The highest BCUT2D eigenvalue weighted by molar-refractivity contribution is 14.0. The Morgan fingerprint density at radius 2 is 2.00 bits per heavy atom. The molecule has 2 rings (SSSR count). The smallest absolute Gasteiger partial charge is 0.325 e. The van der Waals surface area contributed by atoms with Crippen molar-refractivity contribution in [2.75, 3.05) is 33.2 Å². The number of carbonyl (C=O) groups excluding carboxylic acids is 2. The van der Waals surface area contributed by atoms with Gasteiger partial charge in [0.15, 0.2) is 5.96 Å². The van der Waals surface area contributed by atoms with Crippen molar-refractivity contribution in [3.8, 4) is 0 Å². The van der Waals surface area contributed by atoms with Crippen LogP contribution < -0.4 is 10.6 Å². The summed E-state index contributed by atoms with van der Waals surface area (Å²) in [5, 5.41) is 6.12. The molecular weight excluding hydrogens is 433 g/mol. The Morgan fingerprint density at radius 1 is 1.32 bits per heavy atom. The quantitative estimate of drug-likeness (QED) is 0.214. The Kier molecular flexibility index (Phi) is 7.52. The Morgan fingerprint density at radius 3 is 2.48 bits per heavy atom. The van der Waals surface area contributed by atoms with Gasteiger partial charge in [0.05, 0.1) is 0 Å². The first-order valence-corrected chi connectivity index (χ1v) is 8.82. The lowest BCUT2D eigenvalue weighted by Gasteiger charge is -2.24. The van der Waals surface area contributed by atoms with E-state index in [1.165, 1.54) is 4.90 Å². The van der Waals surface area contributed by atoms with Crippen molar-refractivity contribution >= 4 is 41.9 Å². The molecule has 2 fully saturated rings. The number of likely N-dealkylation sites (tertiary alicyclic amines) is 1. The van der Waals surface area contributed by atoms with E-state index in [0.717, 1.165) is 25.5 Å². The number of nitrogens with zero attached hydrogens (tertiary/aromatic N) is 3. The summed E-state index contributed by atoms with van der Waals surface area (Å²) in [5.74, 6) is 0.775. The van der Waals surface area contributed by atoms with Crippen LogP contribution >= 0.6 is 24.0 Å². The van der Waals surface area contributed by atoms with E-state index in [9.17, 15) is 9.59 Å². The molecule has 0 spiro atoms. The number of urea groups is 1. The van der Waals surface area contributed by atoms with E-state index >= 15 is 0 Å². The standard InChI is InChI=1S/C17H31N5O2.HI/c1-6-17(4)13(23)22(15(24)20-17)10-7-9-19-14(18-5)21-11-8-16(2,3)12-21;/h6-12H2,1-5H3,(H,18,19)(H,20,24);1H. The summed E-state index contributed by atoms with van der Waals surface area (Å²) >= 11 is 0. The molecule has 0 bridgehead atoms. The first-order valence-electron chi connectivity index (χ1n) is 8.82. The van der Waals surface area contributed by atoms with E-state index < -0.39 is 5.54 Å². The number of hydrogen-bond donors (Lipinski definition) is 2. The van der Waals surface area contributed by atoms with E-state index in [2.05, 4.69) is 34.4 Å². The van der Waals surface area contributed by atoms with Gasteiger partial charge in [-0.25, -0.2) is 4.79 Å². The maximum absolute atomic E-state index is 12.3. The largest absolute Gasteiger partial charge is 0.356 e. The van der Waals surface area contributed by atoms with Crippen LogP contribution in [0.25, 0.3) is 0 Å². The maximum atomic E-state index is 12.3. The molecule has 0 aromatic heterocycles. The molecule has 2 aliphatic rings. The summed E-state index contributed by atoms with van der Waals surface area (Å²) in [7, 11) is 1.79. The third-order valence-electron chi connectivity index (χ3n) is 5.08. The van der Waals surface area contributed by atoms with Crippen molar-refractivity contribution in [3.05, 3.63) is 0 Å². The van der Waals surface area contributed by atoms with E-state index in [0.29, 0.717) is 31.3 Å². The number of halogens is 1. The third-order valence-corrected chi connectivity index (χ3v) is 5.08. The molecule has 0 aliphatic carbocycles. The molecule has 144 valence electrons. The number of amides is 3. The van der Waals surface area contributed by atoms with Crippen LogP contribution in [0, 0.1) is 5.41 Å². The van der Waals surface area contributed by atoms with Gasteiger partial charge in [-0.3, -0.25) is 14.7 Å². The molecule has 8 heteroatoms. The van der Waals surface area contributed by atoms with Crippen LogP contribution in [-0.4, -0.2) is 66.5 Å². The maximum Gasteiger partial charge on any atom is 0.325 e. The highest BCUT2D eigenvalue weighted by Crippen LogP contribution is 2.28.